The number of rotatable bonds is 10. The molecule has 110 valence electrons. The number of nitrogens with one attached hydrogen (secondary N) is 2. The molecule has 0 aromatic heterocycles. The molecule has 0 aliphatic heterocycles. The van der Waals surface area contributed by atoms with Crippen molar-refractivity contribution in [3.05, 3.63) is 0 Å². The fourth-order valence-corrected chi connectivity index (χ4v) is 1.64. The van der Waals surface area contributed by atoms with E-state index in [-0.39, 0.29) is 18.4 Å². The minimum atomic E-state index is -0.130. The first kappa shape index (κ1) is 15.9. The topological polar surface area (TPSA) is 70.7 Å². The molecule has 1 aliphatic carbocycles. The molecule has 1 fully saturated rings. The Kier molecular flexibility index (Phi) is 7.43. The summed E-state index contributed by atoms with van der Waals surface area (Å²) in [5.41, 5.74) is 0. The van der Waals surface area contributed by atoms with Gasteiger partial charge in [-0.05, 0) is 31.7 Å². The van der Waals surface area contributed by atoms with Gasteiger partial charge in [0.2, 0.25) is 11.8 Å². The van der Waals surface area contributed by atoms with Gasteiger partial charge in [-0.15, -0.1) is 0 Å². The quantitative estimate of drug-likeness (QED) is 0.530. The van der Waals surface area contributed by atoms with Crippen LogP contribution in [0.1, 0.15) is 19.3 Å². The van der Waals surface area contributed by atoms with E-state index in [0.717, 1.165) is 18.9 Å². The van der Waals surface area contributed by atoms with Crippen molar-refractivity contribution < 1.29 is 14.3 Å². The minimum absolute atomic E-state index is 0.0484. The molecular weight excluding hydrogens is 246 g/mol. The molecule has 2 N–H and O–H groups in total. The average Bonchev–Trinajstić information content (AvgIpc) is 3.18. The van der Waals surface area contributed by atoms with Crippen LogP contribution < -0.4 is 10.6 Å². The molecule has 6 nitrogen and oxygen atoms in total. The van der Waals surface area contributed by atoms with E-state index in [1.54, 1.807) is 14.2 Å². The zero-order chi connectivity index (χ0) is 14.1. The van der Waals surface area contributed by atoms with E-state index in [1.807, 2.05) is 0 Å². The van der Waals surface area contributed by atoms with E-state index in [2.05, 4.69) is 10.6 Å². The molecule has 0 spiro atoms. The molecule has 0 unspecified atom stereocenters. The largest absolute Gasteiger partial charge is 0.385 e. The van der Waals surface area contributed by atoms with Crippen molar-refractivity contribution in [2.75, 3.05) is 46.9 Å². The molecule has 0 heterocycles. The number of amides is 2. The SMILES string of the molecule is COCCCNC(=O)CN(C)C(=O)CNCC1CC1. The molecule has 0 atom stereocenters. The second-order valence-electron chi connectivity index (χ2n) is 5.02. The van der Waals surface area contributed by atoms with Crippen LogP contribution in [-0.4, -0.2) is 63.7 Å². The van der Waals surface area contributed by atoms with Crippen molar-refractivity contribution in [2.45, 2.75) is 19.3 Å². The molecule has 0 aromatic rings. The Morgan fingerprint density at radius 1 is 1.37 bits per heavy atom. The highest BCUT2D eigenvalue weighted by Crippen LogP contribution is 2.27. The van der Waals surface area contributed by atoms with E-state index < -0.39 is 0 Å². The Morgan fingerprint density at radius 3 is 2.74 bits per heavy atom. The Labute approximate surface area is 114 Å². The average molecular weight is 271 g/mol. The Morgan fingerprint density at radius 2 is 2.11 bits per heavy atom. The molecule has 2 amide bonds. The maximum atomic E-state index is 11.7. The van der Waals surface area contributed by atoms with E-state index in [4.69, 9.17) is 4.74 Å². The first-order chi connectivity index (χ1) is 9.13. The van der Waals surface area contributed by atoms with Crippen LogP contribution in [0.5, 0.6) is 0 Å². The zero-order valence-corrected chi connectivity index (χ0v) is 11.9. The summed E-state index contributed by atoms with van der Waals surface area (Å²) in [5, 5.41) is 5.88. The van der Waals surface area contributed by atoms with E-state index in [9.17, 15) is 9.59 Å². The van der Waals surface area contributed by atoms with Gasteiger partial charge in [0, 0.05) is 27.3 Å². The normalized spacial score (nSPS) is 14.2. The van der Waals surface area contributed by atoms with Crippen molar-refractivity contribution in [2.24, 2.45) is 5.92 Å². The number of methoxy groups -OCH3 is 1. The standard InChI is InChI=1S/C13H25N3O3/c1-16(10-12(17)15-6-3-7-19-2)13(18)9-14-8-11-4-5-11/h11,14H,3-10H2,1-2H3,(H,15,17). The third kappa shape index (κ3) is 7.79. The first-order valence-electron chi connectivity index (χ1n) is 6.83. The highest BCUT2D eigenvalue weighted by atomic mass is 16.5. The first-order valence-corrected chi connectivity index (χ1v) is 6.83. The lowest BCUT2D eigenvalue weighted by Gasteiger charge is -2.17. The van der Waals surface area contributed by atoms with E-state index in [0.29, 0.717) is 19.7 Å². The monoisotopic (exact) mass is 271 g/mol. The molecule has 1 saturated carbocycles. The fourth-order valence-electron chi connectivity index (χ4n) is 1.64. The lowest BCUT2D eigenvalue weighted by molar-refractivity contribution is -0.134. The molecule has 1 aliphatic rings. The maximum absolute atomic E-state index is 11.7. The maximum Gasteiger partial charge on any atom is 0.239 e. The van der Waals surface area contributed by atoms with Crippen molar-refractivity contribution in [3.8, 4) is 0 Å². The number of hydrogen-bond donors (Lipinski definition) is 2. The van der Waals surface area contributed by atoms with Gasteiger partial charge in [0.1, 0.15) is 0 Å². The summed E-state index contributed by atoms with van der Waals surface area (Å²) >= 11 is 0. The van der Waals surface area contributed by atoms with Crippen molar-refractivity contribution in [1.82, 2.24) is 15.5 Å². The third-order valence-electron chi connectivity index (χ3n) is 3.06. The summed E-state index contributed by atoms with van der Waals surface area (Å²) in [4.78, 5) is 24.7. The lowest BCUT2D eigenvalue weighted by atomic mass is 10.4. The van der Waals surface area contributed by atoms with E-state index in [1.165, 1.54) is 17.7 Å². The molecule has 0 saturated heterocycles. The molecule has 0 radical (unpaired) electrons. The van der Waals surface area contributed by atoms with Gasteiger partial charge >= 0.3 is 0 Å². The van der Waals surface area contributed by atoms with Crippen molar-refractivity contribution >= 4 is 11.8 Å². The smallest absolute Gasteiger partial charge is 0.239 e. The van der Waals surface area contributed by atoms with Crippen LogP contribution in [0, 0.1) is 5.92 Å². The van der Waals surface area contributed by atoms with Crippen LogP contribution in [0.4, 0.5) is 0 Å². The van der Waals surface area contributed by atoms with Crippen LogP contribution in [0.2, 0.25) is 0 Å². The van der Waals surface area contributed by atoms with Crippen molar-refractivity contribution in [1.29, 1.82) is 0 Å². The van der Waals surface area contributed by atoms with Crippen LogP contribution in [0.25, 0.3) is 0 Å². The Balaban J connectivity index is 2.04. The zero-order valence-electron chi connectivity index (χ0n) is 11.9. The second-order valence-corrected chi connectivity index (χ2v) is 5.02. The summed E-state index contributed by atoms with van der Waals surface area (Å²) in [6, 6.07) is 0. The number of likely N-dealkylation sites (N-methyl/N-ethyl adjacent to an activating group) is 1. The van der Waals surface area contributed by atoms with Crippen LogP contribution in [0.3, 0.4) is 0 Å². The predicted molar refractivity (Wildman–Crippen MR) is 72.7 cm³/mol. The summed E-state index contributed by atoms with van der Waals surface area (Å²) in [7, 11) is 3.28. The number of ether oxygens (including phenoxy) is 1. The predicted octanol–water partition coefficient (Wildman–Crippen LogP) is -0.403. The number of nitrogens with zero attached hydrogens (tertiary/aromatic N) is 1. The molecule has 0 aromatic carbocycles. The molecule has 19 heavy (non-hydrogen) atoms. The van der Waals surface area contributed by atoms with Crippen LogP contribution in [-0.2, 0) is 14.3 Å². The highest BCUT2D eigenvalue weighted by molar-refractivity contribution is 5.85. The second kappa shape index (κ2) is 8.87. The molecule has 0 bridgehead atoms. The number of hydrogen-bond acceptors (Lipinski definition) is 4. The lowest BCUT2D eigenvalue weighted by Crippen LogP contribution is -2.42. The molecular formula is C13H25N3O3. The molecule has 1 rings (SSSR count). The van der Waals surface area contributed by atoms with Gasteiger partial charge in [-0.1, -0.05) is 0 Å². The number of carbonyl (C=O) groups is 2. The Hall–Kier alpha value is -1.14. The fraction of sp³-hybridized carbons (Fsp3) is 0.846. The molecule has 6 heteroatoms. The summed E-state index contributed by atoms with van der Waals surface area (Å²) in [6.07, 6.45) is 3.31. The van der Waals surface area contributed by atoms with Gasteiger partial charge in [-0.25, -0.2) is 0 Å². The van der Waals surface area contributed by atoms with Crippen LogP contribution >= 0.6 is 0 Å². The van der Waals surface area contributed by atoms with Gasteiger partial charge < -0.3 is 20.3 Å². The van der Waals surface area contributed by atoms with E-state index >= 15 is 0 Å². The van der Waals surface area contributed by atoms with Gasteiger partial charge in [-0.2, -0.15) is 0 Å². The van der Waals surface area contributed by atoms with Crippen molar-refractivity contribution in [3.63, 3.8) is 0 Å². The Bertz CT molecular complexity index is 293. The summed E-state index contributed by atoms with van der Waals surface area (Å²) in [6.45, 7) is 2.53. The number of carbonyl (C=O) groups excluding carboxylic acids is 2. The van der Waals surface area contributed by atoms with Gasteiger partial charge in [0.05, 0.1) is 13.1 Å². The van der Waals surface area contributed by atoms with Crippen LogP contribution in [0.15, 0.2) is 0 Å². The van der Waals surface area contributed by atoms with Gasteiger partial charge in [-0.3, -0.25) is 9.59 Å². The van der Waals surface area contributed by atoms with Gasteiger partial charge in [0.25, 0.3) is 0 Å². The minimum Gasteiger partial charge on any atom is -0.385 e. The van der Waals surface area contributed by atoms with Gasteiger partial charge in [0.15, 0.2) is 0 Å². The summed E-state index contributed by atoms with van der Waals surface area (Å²) < 4.78 is 4.89. The highest BCUT2D eigenvalue weighted by Gasteiger charge is 2.21. The third-order valence-corrected chi connectivity index (χ3v) is 3.06. The summed E-state index contributed by atoms with van der Waals surface area (Å²) in [5.74, 6) is 0.573.